The number of carbonyl (C=O) groups excluding carboxylic acids is 1. The Morgan fingerprint density at radius 3 is 2.78 bits per heavy atom. The Labute approximate surface area is 154 Å². The van der Waals surface area contributed by atoms with Crippen LogP contribution in [0, 0.1) is 11.7 Å². The maximum absolute atomic E-state index is 13.7. The molecule has 0 bridgehead atoms. The van der Waals surface area contributed by atoms with Crippen molar-refractivity contribution < 1.29 is 31.8 Å². The third kappa shape index (κ3) is 5.03. The number of urea groups is 1. The van der Waals surface area contributed by atoms with E-state index in [0.29, 0.717) is 42.6 Å². The summed E-state index contributed by atoms with van der Waals surface area (Å²) < 4.78 is 63.4. The highest BCUT2D eigenvalue weighted by Gasteiger charge is 2.45. The first kappa shape index (κ1) is 19.7. The molecule has 2 N–H and O–H groups in total. The van der Waals surface area contributed by atoms with Crippen LogP contribution in [0.2, 0.25) is 0 Å². The summed E-state index contributed by atoms with van der Waals surface area (Å²) in [6.45, 7) is 0.462. The van der Waals surface area contributed by atoms with Gasteiger partial charge in [0.05, 0.1) is 12.5 Å². The van der Waals surface area contributed by atoms with Gasteiger partial charge >= 0.3 is 12.2 Å². The predicted octanol–water partition coefficient (Wildman–Crippen LogP) is 3.66. The zero-order valence-electron chi connectivity index (χ0n) is 14.7. The number of hydrogen-bond acceptors (Lipinski definition) is 3. The van der Waals surface area contributed by atoms with Crippen molar-refractivity contribution in [1.82, 2.24) is 10.6 Å². The molecular weight excluding hydrogens is 368 g/mol. The molecule has 1 fully saturated rings. The number of fused-ring (bicyclic) bond motifs is 1. The van der Waals surface area contributed by atoms with E-state index in [1.54, 1.807) is 0 Å². The van der Waals surface area contributed by atoms with Gasteiger partial charge < -0.3 is 20.1 Å². The topological polar surface area (TPSA) is 59.6 Å². The normalized spacial score (nSPS) is 22.5. The van der Waals surface area contributed by atoms with Crippen LogP contribution in [0.3, 0.4) is 0 Å². The number of carbonyl (C=O) groups is 1. The Hall–Kier alpha value is -2.03. The molecule has 1 aliphatic heterocycles. The lowest BCUT2D eigenvalue weighted by Crippen LogP contribution is -2.50. The third-order valence-corrected chi connectivity index (χ3v) is 4.93. The molecule has 0 aromatic heterocycles. The monoisotopic (exact) mass is 390 g/mol. The van der Waals surface area contributed by atoms with Crippen molar-refractivity contribution >= 4 is 6.03 Å². The molecule has 9 heteroatoms. The highest BCUT2D eigenvalue weighted by atomic mass is 19.4. The lowest BCUT2D eigenvalue weighted by molar-refractivity contribution is -0.187. The van der Waals surface area contributed by atoms with Crippen LogP contribution in [0.5, 0.6) is 5.75 Å². The predicted molar refractivity (Wildman–Crippen MR) is 88.7 cm³/mol. The van der Waals surface area contributed by atoms with Gasteiger partial charge in [-0.05, 0) is 37.0 Å². The van der Waals surface area contributed by atoms with Crippen molar-refractivity contribution in [3.05, 3.63) is 29.1 Å². The minimum atomic E-state index is -4.32. The Balaban J connectivity index is 1.53. The van der Waals surface area contributed by atoms with Crippen LogP contribution >= 0.6 is 0 Å². The Bertz CT molecular complexity index is 681. The van der Waals surface area contributed by atoms with Crippen LogP contribution in [0.25, 0.3) is 0 Å². The van der Waals surface area contributed by atoms with Crippen molar-refractivity contribution in [1.29, 1.82) is 0 Å². The second-order valence-corrected chi connectivity index (χ2v) is 6.85. The number of nitrogens with one attached hydrogen (secondary N) is 2. The average molecular weight is 390 g/mol. The lowest BCUT2D eigenvalue weighted by atomic mass is 9.84. The average Bonchev–Trinajstić information content (AvgIpc) is 2.61. The highest BCUT2D eigenvalue weighted by Crippen LogP contribution is 2.37. The fourth-order valence-corrected chi connectivity index (χ4v) is 3.67. The molecule has 1 aliphatic carbocycles. The second-order valence-electron chi connectivity index (χ2n) is 6.85. The van der Waals surface area contributed by atoms with Gasteiger partial charge in [-0.3, -0.25) is 0 Å². The Morgan fingerprint density at radius 1 is 1.22 bits per heavy atom. The van der Waals surface area contributed by atoms with E-state index in [2.05, 4.69) is 10.6 Å². The first-order valence-electron chi connectivity index (χ1n) is 8.97. The molecule has 2 atom stereocenters. The Kier molecular flexibility index (Phi) is 6.08. The van der Waals surface area contributed by atoms with E-state index in [-0.39, 0.29) is 26.4 Å². The van der Waals surface area contributed by atoms with E-state index in [0.717, 1.165) is 0 Å². The molecule has 1 aromatic rings. The molecule has 1 saturated carbocycles. The van der Waals surface area contributed by atoms with Crippen LogP contribution in [-0.4, -0.2) is 31.6 Å². The van der Waals surface area contributed by atoms with E-state index in [9.17, 15) is 22.4 Å². The van der Waals surface area contributed by atoms with Gasteiger partial charge in [0.2, 0.25) is 0 Å². The van der Waals surface area contributed by atoms with Gasteiger partial charge in [-0.2, -0.15) is 13.2 Å². The molecule has 0 unspecified atom stereocenters. The Morgan fingerprint density at radius 2 is 2.00 bits per heavy atom. The molecule has 5 nitrogen and oxygen atoms in total. The summed E-state index contributed by atoms with van der Waals surface area (Å²) in [5, 5.41) is 4.99. The van der Waals surface area contributed by atoms with Crippen molar-refractivity contribution in [2.45, 2.75) is 50.9 Å². The minimum Gasteiger partial charge on any atom is -0.467 e. The first-order chi connectivity index (χ1) is 12.8. The molecule has 1 aromatic carbocycles. The number of hydrogen-bond donors (Lipinski definition) is 2. The third-order valence-electron chi connectivity index (χ3n) is 4.93. The molecule has 1 heterocycles. The maximum Gasteiger partial charge on any atom is 0.393 e. The number of amides is 2. The SMILES string of the molecule is O=C(NCCc1cc(F)cc2c1OCOC2)N[C@@H]1CCCC[C@@H]1C(F)(F)F. The number of alkyl halides is 3. The van der Waals surface area contributed by atoms with E-state index >= 15 is 0 Å². The van der Waals surface area contributed by atoms with Gasteiger partial charge in [0.15, 0.2) is 6.79 Å². The molecule has 2 aliphatic rings. The summed E-state index contributed by atoms with van der Waals surface area (Å²) in [4.78, 5) is 12.0. The van der Waals surface area contributed by atoms with Crippen LogP contribution in [0.15, 0.2) is 12.1 Å². The molecule has 27 heavy (non-hydrogen) atoms. The van der Waals surface area contributed by atoms with E-state index in [4.69, 9.17) is 9.47 Å². The number of halogens is 4. The van der Waals surface area contributed by atoms with Crippen molar-refractivity contribution in [3.8, 4) is 5.75 Å². The number of benzene rings is 1. The zero-order valence-corrected chi connectivity index (χ0v) is 14.7. The maximum atomic E-state index is 13.7. The standard InChI is InChI=1S/C18H22F4N2O3/c19-13-7-11(16-12(8-13)9-26-10-27-16)5-6-23-17(25)24-15-4-2-1-3-14(15)18(20,21)22/h7-8,14-15H,1-6,9-10H2,(H2,23,24,25)/t14-,15+/m0/s1. The van der Waals surface area contributed by atoms with Gasteiger partial charge in [0.25, 0.3) is 0 Å². The minimum absolute atomic E-state index is 0.0310. The molecule has 150 valence electrons. The fourth-order valence-electron chi connectivity index (χ4n) is 3.67. The summed E-state index contributed by atoms with van der Waals surface area (Å²) in [7, 11) is 0. The molecule has 0 spiro atoms. The van der Waals surface area contributed by atoms with Gasteiger partial charge in [0.1, 0.15) is 11.6 Å². The molecule has 3 rings (SSSR count). The fraction of sp³-hybridized carbons (Fsp3) is 0.611. The largest absolute Gasteiger partial charge is 0.467 e. The number of rotatable bonds is 4. The smallest absolute Gasteiger partial charge is 0.393 e. The summed E-state index contributed by atoms with van der Waals surface area (Å²) in [6.07, 6.45) is -2.52. The van der Waals surface area contributed by atoms with Crippen LogP contribution in [-0.2, 0) is 17.8 Å². The number of ether oxygens (including phenoxy) is 2. The summed E-state index contributed by atoms with van der Waals surface area (Å²) in [5.41, 5.74) is 1.18. The summed E-state index contributed by atoms with van der Waals surface area (Å²) >= 11 is 0. The van der Waals surface area contributed by atoms with Crippen molar-refractivity contribution in [3.63, 3.8) is 0 Å². The van der Waals surface area contributed by atoms with Crippen LogP contribution < -0.4 is 15.4 Å². The van der Waals surface area contributed by atoms with Crippen molar-refractivity contribution in [2.24, 2.45) is 5.92 Å². The van der Waals surface area contributed by atoms with Crippen LogP contribution in [0.1, 0.15) is 36.8 Å². The molecule has 2 amide bonds. The van der Waals surface area contributed by atoms with Gasteiger partial charge in [-0.25, -0.2) is 9.18 Å². The van der Waals surface area contributed by atoms with Crippen LogP contribution in [0.4, 0.5) is 22.4 Å². The van der Waals surface area contributed by atoms with Gasteiger partial charge in [-0.15, -0.1) is 0 Å². The molecule has 0 radical (unpaired) electrons. The summed E-state index contributed by atoms with van der Waals surface area (Å²) in [6, 6.07) is 1.09. The van der Waals surface area contributed by atoms with Gasteiger partial charge in [0, 0.05) is 18.2 Å². The lowest BCUT2D eigenvalue weighted by Gasteiger charge is -2.33. The van der Waals surface area contributed by atoms with Crippen molar-refractivity contribution in [2.75, 3.05) is 13.3 Å². The quantitative estimate of drug-likeness (QED) is 0.772. The highest BCUT2D eigenvalue weighted by molar-refractivity contribution is 5.74. The first-order valence-corrected chi connectivity index (χ1v) is 8.97. The summed E-state index contributed by atoms with van der Waals surface area (Å²) in [5.74, 6) is -1.41. The van der Waals surface area contributed by atoms with E-state index in [1.807, 2.05) is 0 Å². The van der Waals surface area contributed by atoms with Gasteiger partial charge in [-0.1, -0.05) is 12.8 Å². The molecule has 0 saturated heterocycles. The van der Waals surface area contributed by atoms with E-state index in [1.165, 1.54) is 12.1 Å². The second kappa shape index (κ2) is 8.33. The van der Waals surface area contributed by atoms with E-state index < -0.39 is 30.0 Å². The molecular formula is C18H22F4N2O3. The zero-order chi connectivity index (χ0) is 19.4.